The molecule has 2 aromatic carbocycles. The highest BCUT2D eigenvalue weighted by atomic mass is 32.2. The smallest absolute Gasteiger partial charge is 0.321 e. The van der Waals surface area contributed by atoms with Gasteiger partial charge in [0, 0.05) is 37.0 Å². The van der Waals surface area contributed by atoms with Crippen molar-refractivity contribution in [2.75, 3.05) is 29.9 Å². The standard InChI is InChI=1S/C20H20N4O4S/c1-15(25)23-17-6-10-19(11-7-17)29(27,28)22-12-2-3-16-4-8-18(9-5-16)24-14-13-21-20(24)26/h4-11,22H,12-14H2,1H3,(H,21,26)(H,23,25). The molecule has 0 aliphatic carbocycles. The minimum Gasteiger partial charge on any atom is -0.336 e. The van der Waals surface area contributed by atoms with E-state index < -0.39 is 10.0 Å². The molecule has 1 aliphatic heterocycles. The summed E-state index contributed by atoms with van der Waals surface area (Å²) in [6, 6.07) is 12.9. The van der Waals surface area contributed by atoms with Crippen LogP contribution in [0.4, 0.5) is 16.2 Å². The zero-order valence-electron chi connectivity index (χ0n) is 15.7. The van der Waals surface area contributed by atoms with E-state index in [1.54, 1.807) is 29.2 Å². The molecular formula is C20H20N4O4S. The van der Waals surface area contributed by atoms with Crippen LogP contribution in [0.25, 0.3) is 0 Å². The maximum absolute atomic E-state index is 12.3. The zero-order valence-corrected chi connectivity index (χ0v) is 16.5. The fourth-order valence-corrected chi connectivity index (χ4v) is 3.65. The second-order valence-electron chi connectivity index (χ2n) is 6.26. The summed E-state index contributed by atoms with van der Waals surface area (Å²) in [5, 5.41) is 5.32. The van der Waals surface area contributed by atoms with E-state index in [-0.39, 0.29) is 23.4 Å². The van der Waals surface area contributed by atoms with Crippen molar-refractivity contribution in [3.63, 3.8) is 0 Å². The normalized spacial score (nSPS) is 13.4. The molecule has 29 heavy (non-hydrogen) atoms. The lowest BCUT2D eigenvalue weighted by Gasteiger charge is -2.13. The number of benzene rings is 2. The molecule has 1 heterocycles. The highest BCUT2D eigenvalue weighted by Gasteiger charge is 2.20. The van der Waals surface area contributed by atoms with Crippen molar-refractivity contribution >= 4 is 33.3 Å². The molecule has 0 saturated carbocycles. The van der Waals surface area contributed by atoms with Gasteiger partial charge in [-0.15, -0.1) is 0 Å². The lowest BCUT2D eigenvalue weighted by molar-refractivity contribution is -0.114. The van der Waals surface area contributed by atoms with Crippen molar-refractivity contribution in [2.24, 2.45) is 0 Å². The van der Waals surface area contributed by atoms with E-state index in [4.69, 9.17) is 0 Å². The van der Waals surface area contributed by atoms with Crippen molar-refractivity contribution in [1.82, 2.24) is 10.0 Å². The van der Waals surface area contributed by atoms with Crippen LogP contribution >= 0.6 is 0 Å². The fraction of sp³-hybridized carbons (Fsp3) is 0.200. The first-order chi connectivity index (χ1) is 13.8. The van der Waals surface area contributed by atoms with Crippen molar-refractivity contribution in [1.29, 1.82) is 0 Å². The van der Waals surface area contributed by atoms with Crippen LogP contribution in [-0.2, 0) is 14.8 Å². The second kappa shape index (κ2) is 8.77. The Labute approximate surface area is 169 Å². The molecule has 1 fully saturated rings. The van der Waals surface area contributed by atoms with Gasteiger partial charge in [0.15, 0.2) is 0 Å². The first-order valence-electron chi connectivity index (χ1n) is 8.87. The number of nitrogens with one attached hydrogen (secondary N) is 3. The van der Waals surface area contributed by atoms with Gasteiger partial charge in [-0.25, -0.2) is 13.2 Å². The van der Waals surface area contributed by atoms with Gasteiger partial charge in [0.2, 0.25) is 15.9 Å². The topological polar surface area (TPSA) is 108 Å². The Morgan fingerprint density at radius 1 is 1.14 bits per heavy atom. The maximum Gasteiger partial charge on any atom is 0.321 e. The molecule has 3 N–H and O–H groups in total. The van der Waals surface area contributed by atoms with Gasteiger partial charge in [-0.3, -0.25) is 9.69 Å². The third kappa shape index (κ3) is 5.34. The SMILES string of the molecule is CC(=O)Nc1ccc(S(=O)(=O)NCC#Cc2ccc(N3CCNC3=O)cc2)cc1. The number of rotatable bonds is 5. The van der Waals surface area contributed by atoms with Gasteiger partial charge in [0.05, 0.1) is 11.4 Å². The minimum atomic E-state index is -3.70. The minimum absolute atomic E-state index is 0.0495. The molecule has 0 spiro atoms. The van der Waals surface area contributed by atoms with Gasteiger partial charge in [-0.05, 0) is 48.5 Å². The van der Waals surface area contributed by atoms with E-state index in [0.29, 0.717) is 24.3 Å². The summed E-state index contributed by atoms with van der Waals surface area (Å²) in [5.41, 5.74) is 2.02. The van der Waals surface area contributed by atoms with E-state index in [9.17, 15) is 18.0 Å². The molecule has 2 aromatic rings. The zero-order chi connectivity index (χ0) is 20.9. The highest BCUT2D eigenvalue weighted by molar-refractivity contribution is 7.89. The van der Waals surface area contributed by atoms with Crippen LogP contribution in [0.5, 0.6) is 0 Å². The molecule has 8 nitrogen and oxygen atoms in total. The Balaban J connectivity index is 1.57. The monoisotopic (exact) mass is 412 g/mol. The van der Waals surface area contributed by atoms with Gasteiger partial charge in [-0.1, -0.05) is 11.8 Å². The second-order valence-corrected chi connectivity index (χ2v) is 8.03. The van der Waals surface area contributed by atoms with Crippen LogP contribution in [0.3, 0.4) is 0 Å². The predicted octanol–water partition coefficient (Wildman–Crippen LogP) is 1.50. The van der Waals surface area contributed by atoms with Gasteiger partial charge in [0.1, 0.15) is 0 Å². The van der Waals surface area contributed by atoms with Gasteiger partial charge in [-0.2, -0.15) is 4.72 Å². The Kier molecular flexibility index (Phi) is 6.16. The Morgan fingerprint density at radius 2 is 1.83 bits per heavy atom. The molecule has 9 heteroatoms. The van der Waals surface area contributed by atoms with E-state index >= 15 is 0 Å². The first kappa shape index (κ1) is 20.4. The van der Waals surface area contributed by atoms with E-state index in [2.05, 4.69) is 27.2 Å². The summed E-state index contributed by atoms with van der Waals surface area (Å²) >= 11 is 0. The average Bonchev–Trinajstić information content (AvgIpc) is 3.12. The Morgan fingerprint density at radius 3 is 2.41 bits per heavy atom. The molecule has 0 aromatic heterocycles. The number of carbonyl (C=O) groups excluding carboxylic acids is 2. The van der Waals surface area contributed by atoms with Crippen LogP contribution in [0, 0.1) is 11.8 Å². The summed E-state index contributed by atoms with van der Waals surface area (Å²) < 4.78 is 27.0. The van der Waals surface area contributed by atoms with Crippen LogP contribution in [0.2, 0.25) is 0 Å². The molecule has 0 unspecified atom stereocenters. The van der Waals surface area contributed by atoms with Gasteiger partial charge >= 0.3 is 6.03 Å². The fourth-order valence-electron chi connectivity index (χ4n) is 2.72. The third-order valence-electron chi connectivity index (χ3n) is 4.10. The van der Waals surface area contributed by atoms with Crippen molar-refractivity contribution in [3.05, 3.63) is 54.1 Å². The van der Waals surface area contributed by atoms with Gasteiger partial charge < -0.3 is 10.6 Å². The third-order valence-corrected chi connectivity index (χ3v) is 5.52. The molecule has 0 bridgehead atoms. The molecule has 3 rings (SSSR count). The largest absolute Gasteiger partial charge is 0.336 e. The molecule has 0 atom stereocenters. The Bertz CT molecular complexity index is 1070. The number of hydrogen-bond donors (Lipinski definition) is 3. The summed E-state index contributed by atoms with van der Waals surface area (Å²) in [7, 11) is -3.70. The van der Waals surface area contributed by atoms with Crippen LogP contribution in [0.15, 0.2) is 53.4 Å². The number of amides is 3. The lowest BCUT2D eigenvalue weighted by Crippen LogP contribution is -2.27. The van der Waals surface area contributed by atoms with Crippen molar-refractivity contribution in [2.45, 2.75) is 11.8 Å². The molecule has 3 amide bonds. The van der Waals surface area contributed by atoms with Crippen LogP contribution in [-0.4, -0.2) is 40.0 Å². The summed E-state index contributed by atoms with van der Waals surface area (Å²) in [5.74, 6) is 5.43. The number of hydrogen-bond acceptors (Lipinski definition) is 4. The van der Waals surface area contributed by atoms with Crippen molar-refractivity contribution in [3.8, 4) is 11.8 Å². The predicted molar refractivity (Wildman–Crippen MR) is 110 cm³/mol. The van der Waals surface area contributed by atoms with E-state index in [1.165, 1.54) is 31.2 Å². The number of anilines is 2. The molecule has 1 aliphatic rings. The lowest BCUT2D eigenvalue weighted by atomic mass is 10.2. The highest BCUT2D eigenvalue weighted by Crippen LogP contribution is 2.17. The summed E-state index contributed by atoms with van der Waals surface area (Å²) in [6.45, 7) is 2.57. The average molecular weight is 412 g/mol. The number of carbonyl (C=O) groups is 2. The summed E-state index contributed by atoms with van der Waals surface area (Å²) in [4.78, 5) is 24.4. The molecular weight excluding hydrogens is 392 g/mol. The number of urea groups is 1. The Hall–Kier alpha value is -3.35. The number of sulfonamides is 1. The number of nitrogens with zero attached hydrogens (tertiary/aromatic N) is 1. The molecule has 1 saturated heterocycles. The quantitative estimate of drug-likeness (QED) is 0.647. The maximum atomic E-state index is 12.3. The van der Waals surface area contributed by atoms with E-state index in [0.717, 1.165) is 5.69 Å². The van der Waals surface area contributed by atoms with Crippen LogP contribution in [0.1, 0.15) is 12.5 Å². The molecule has 0 radical (unpaired) electrons. The van der Waals surface area contributed by atoms with Crippen LogP contribution < -0.4 is 20.3 Å². The van der Waals surface area contributed by atoms with E-state index in [1.807, 2.05) is 0 Å². The first-order valence-corrected chi connectivity index (χ1v) is 10.3. The molecule has 150 valence electrons. The van der Waals surface area contributed by atoms with Gasteiger partial charge in [0.25, 0.3) is 0 Å². The summed E-state index contributed by atoms with van der Waals surface area (Å²) in [6.07, 6.45) is 0. The van der Waals surface area contributed by atoms with Crippen molar-refractivity contribution < 1.29 is 18.0 Å².